The lowest BCUT2D eigenvalue weighted by molar-refractivity contribution is -0.137. The van der Waals surface area contributed by atoms with E-state index < -0.39 is 5.60 Å². The van der Waals surface area contributed by atoms with Crippen LogP contribution in [0.4, 0.5) is 5.82 Å². The summed E-state index contributed by atoms with van der Waals surface area (Å²) in [4.78, 5) is 26.6. The summed E-state index contributed by atoms with van der Waals surface area (Å²) in [6.45, 7) is 2.41. The number of pyridine rings is 1. The van der Waals surface area contributed by atoms with Crippen LogP contribution in [0.15, 0.2) is 36.7 Å². The molecular weight excluding hydrogens is 354 g/mol. The van der Waals surface area contributed by atoms with Crippen molar-refractivity contribution in [2.75, 3.05) is 19.3 Å². The van der Waals surface area contributed by atoms with Crippen LogP contribution in [0.25, 0.3) is 22.3 Å². The number of nitrogens with two attached hydrogens (primary N) is 1. The van der Waals surface area contributed by atoms with Gasteiger partial charge >= 0.3 is 0 Å². The van der Waals surface area contributed by atoms with Crippen LogP contribution in [0.2, 0.25) is 0 Å². The lowest BCUT2D eigenvalue weighted by atomic mass is 10.0. The van der Waals surface area contributed by atoms with Crippen molar-refractivity contribution in [3.05, 3.63) is 47.8 Å². The van der Waals surface area contributed by atoms with E-state index >= 15 is 0 Å². The van der Waals surface area contributed by atoms with Crippen molar-refractivity contribution in [3.63, 3.8) is 0 Å². The zero-order chi connectivity index (χ0) is 19.9. The van der Waals surface area contributed by atoms with Crippen molar-refractivity contribution in [1.29, 1.82) is 0 Å². The smallest absolute Gasteiger partial charge is 0.267 e. The van der Waals surface area contributed by atoms with Gasteiger partial charge in [0.15, 0.2) is 5.82 Å². The fourth-order valence-corrected chi connectivity index (χ4v) is 3.15. The van der Waals surface area contributed by atoms with E-state index in [2.05, 4.69) is 26.8 Å². The third-order valence-electron chi connectivity index (χ3n) is 4.94. The number of rotatable bonds is 1. The number of carbonyl (C=O) groups excluding carboxylic acids is 1. The van der Waals surface area contributed by atoms with Crippen molar-refractivity contribution in [2.24, 2.45) is 0 Å². The molecule has 4 rings (SSSR count). The number of aryl methyl sites for hydroxylation is 1. The standard InChI is InChI=1S/C21H19N5O2/c1-13-3-4-15(19-24-12-16-6-9-23-18(22)17(16)25-19)11-14(13)5-7-21(28)8-10-26(2)20(21)27/h3-4,6,9,11-12,28H,8,10H2,1-2H3,(H2,22,23). The first kappa shape index (κ1) is 17.9. The van der Waals surface area contributed by atoms with Gasteiger partial charge in [-0.3, -0.25) is 4.79 Å². The van der Waals surface area contributed by atoms with E-state index in [1.54, 1.807) is 25.5 Å². The highest BCUT2D eigenvalue weighted by atomic mass is 16.3. The number of hydrogen-bond donors (Lipinski definition) is 2. The number of carbonyl (C=O) groups is 1. The zero-order valence-corrected chi connectivity index (χ0v) is 15.6. The van der Waals surface area contributed by atoms with E-state index in [4.69, 9.17) is 5.73 Å². The SMILES string of the molecule is Cc1ccc(-c2ncc3ccnc(N)c3n2)cc1C#CC1(O)CCN(C)C1=O. The van der Waals surface area contributed by atoms with Crippen molar-refractivity contribution in [3.8, 4) is 23.2 Å². The summed E-state index contributed by atoms with van der Waals surface area (Å²) in [6.07, 6.45) is 3.62. The Morgan fingerprint density at radius 1 is 1.29 bits per heavy atom. The van der Waals surface area contributed by atoms with Crippen LogP contribution in [0.3, 0.4) is 0 Å². The van der Waals surface area contributed by atoms with Gasteiger partial charge in [-0.15, -0.1) is 0 Å². The molecule has 0 saturated carbocycles. The molecule has 0 radical (unpaired) electrons. The maximum absolute atomic E-state index is 12.1. The molecule has 3 N–H and O–H groups in total. The number of hydrogen-bond acceptors (Lipinski definition) is 6. The molecule has 1 amide bonds. The number of anilines is 1. The molecule has 140 valence electrons. The monoisotopic (exact) mass is 373 g/mol. The molecule has 1 aromatic carbocycles. The minimum atomic E-state index is -1.63. The predicted octanol–water partition coefficient (Wildman–Crippen LogP) is 1.53. The Morgan fingerprint density at radius 2 is 2.11 bits per heavy atom. The highest BCUT2D eigenvalue weighted by Crippen LogP contribution is 2.24. The molecule has 1 fully saturated rings. The van der Waals surface area contributed by atoms with Gasteiger partial charge in [0, 0.05) is 48.9 Å². The molecule has 1 atom stereocenters. The molecular formula is C21H19N5O2. The van der Waals surface area contributed by atoms with Gasteiger partial charge < -0.3 is 15.7 Å². The summed E-state index contributed by atoms with van der Waals surface area (Å²) < 4.78 is 0. The fourth-order valence-electron chi connectivity index (χ4n) is 3.15. The van der Waals surface area contributed by atoms with E-state index in [0.29, 0.717) is 35.7 Å². The molecule has 1 saturated heterocycles. The first-order valence-corrected chi connectivity index (χ1v) is 8.87. The number of nitrogens with zero attached hydrogens (tertiary/aromatic N) is 4. The third kappa shape index (κ3) is 3.04. The van der Waals surface area contributed by atoms with Crippen LogP contribution in [-0.2, 0) is 4.79 Å². The van der Waals surface area contributed by atoms with Crippen LogP contribution in [-0.4, -0.2) is 50.1 Å². The second kappa shape index (κ2) is 6.59. The summed E-state index contributed by atoms with van der Waals surface area (Å²) >= 11 is 0. The molecule has 2 aromatic heterocycles. The van der Waals surface area contributed by atoms with Crippen molar-refractivity contribution >= 4 is 22.6 Å². The Labute approximate surface area is 162 Å². The highest BCUT2D eigenvalue weighted by Gasteiger charge is 2.42. The number of fused-ring (bicyclic) bond motifs is 1. The first-order valence-electron chi connectivity index (χ1n) is 8.87. The van der Waals surface area contributed by atoms with E-state index in [-0.39, 0.29) is 5.91 Å². The van der Waals surface area contributed by atoms with Gasteiger partial charge in [-0.1, -0.05) is 24.0 Å². The number of aliphatic hydroxyl groups is 1. The summed E-state index contributed by atoms with van der Waals surface area (Å²) in [5.74, 6) is 6.21. The van der Waals surface area contributed by atoms with Crippen molar-refractivity contribution in [1.82, 2.24) is 19.9 Å². The van der Waals surface area contributed by atoms with Gasteiger partial charge in [0.2, 0.25) is 5.60 Å². The van der Waals surface area contributed by atoms with Gasteiger partial charge in [0.1, 0.15) is 11.3 Å². The zero-order valence-electron chi connectivity index (χ0n) is 15.6. The highest BCUT2D eigenvalue weighted by molar-refractivity contribution is 5.90. The number of likely N-dealkylation sites (N-methyl/N-ethyl adjacent to an activating group) is 1. The second-order valence-electron chi connectivity index (χ2n) is 6.94. The summed E-state index contributed by atoms with van der Waals surface area (Å²) in [6, 6.07) is 7.46. The summed E-state index contributed by atoms with van der Waals surface area (Å²) in [7, 11) is 1.66. The van der Waals surface area contributed by atoms with Gasteiger partial charge in [0.25, 0.3) is 5.91 Å². The number of likely N-dealkylation sites (tertiary alicyclic amines) is 1. The Bertz CT molecular complexity index is 1160. The second-order valence-corrected chi connectivity index (χ2v) is 6.94. The first-order chi connectivity index (χ1) is 13.4. The normalized spacial score (nSPS) is 19.0. The minimum Gasteiger partial charge on any atom is -0.382 e. The van der Waals surface area contributed by atoms with Crippen LogP contribution >= 0.6 is 0 Å². The lowest BCUT2D eigenvalue weighted by Gasteiger charge is -2.13. The molecule has 1 aliphatic heterocycles. The average molecular weight is 373 g/mol. The van der Waals surface area contributed by atoms with Crippen molar-refractivity contribution < 1.29 is 9.90 Å². The van der Waals surface area contributed by atoms with Crippen LogP contribution in [0, 0.1) is 18.8 Å². The predicted molar refractivity (Wildman–Crippen MR) is 106 cm³/mol. The number of amides is 1. The van der Waals surface area contributed by atoms with Crippen LogP contribution in [0.1, 0.15) is 17.5 Å². The van der Waals surface area contributed by atoms with Crippen LogP contribution in [0.5, 0.6) is 0 Å². The molecule has 28 heavy (non-hydrogen) atoms. The Hall–Kier alpha value is -3.50. The van der Waals surface area contributed by atoms with E-state index in [0.717, 1.165) is 16.5 Å². The summed E-state index contributed by atoms with van der Waals surface area (Å²) in [5.41, 5.74) is 7.29. The quantitative estimate of drug-likeness (QED) is 0.627. The third-order valence-corrected chi connectivity index (χ3v) is 4.94. The Kier molecular flexibility index (Phi) is 4.21. The van der Waals surface area contributed by atoms with Gasteiger partial charge in [-0.25, -0.2) is 15.0 Å². The maximum atomic E-state index is 12.1. The fraction of sp³-hybridized carbons (Fsp3) is 0.238. The largest absolute Gasteiger partial charge is 0.382 e. The molecule has 7 heteroatoms. The molecule has 3 aromatic rings. The Balaban J connectivity index is 1.74. The number of benzene rings is 1. The lowest BCUT2D eigenvalue weighted by Crippen LogP contribution is -2.37. The number of nitrogen functional groups attached to an aromatic ring is 1. The average Bonchev–Trinajstić information content (AvgIpc) is 2.95. The molecule has 0 aliphatic carbocycles. The number of aromatic nitrogens is 3. The molecule has 0 spiro atoms. The van der Waals surface area contributed by atoms with Gasteiger partial charge in [-0.2, -0.15) is 0 Å². The molecule has 1 unspecified atom stereocenters. The van der Waals surface area contributed by atoms with Gasteiger partial charge in [0.05, 0.1) is 0 Å². The molecule has 7 nitrogen and oxygen atoms in total. The van der Waals surface area contributed by atoms with Crippen LogP contribution < -0.4 is 5.73 Å². The van der Waals surface area contributed by atoms with E-state index in [1.807, 2.05) is 25.1 Å². The van der Waals surface area contributed by atoms with E-state index in [1.165, 1.54) is 4.90 Å². The summed E-state index contributed by atoms with van der Waals surface area (Å²) in [5, 5.41) is 11.3. The minimum absolute atomic E-state index is 0.300. The molecule has 3 heterocycles. The van der Waals surface area contributed by atoms with Crippen molar-refractivity contribution in [2.45, 2.75) is 18.9 Å². The topological polar surface area (TPSA) is 105 Å². The molecule has 1 aliphatic rings. The maximum Gasteiger partial charge on any atom is 0.267 e. The van der Waals surface area contributed by atoms with Gasteiger partial charge in [-0.05, 0) is 24.6 Å². The molecule has 0 bridgehead atoms. The Morgan fingerprint density at radius 3 is 2.86 bits per heavy atom. The van der Waals surface area contributed by atoms with E-state index in [9.17, 15) is 9.90 Å².